The predicted molar refractivity (Wildman–Crippen MR) is 128 cm³/mol. The van der Waals surface area contributed by atoms with Crippen LogP contribution in [0.3, 0.4) is 0 Å². The average molecular weight is 460 g/mol. The number of ether oxygens (including phenoxy) is 3. The van der Waals surface area contributed by atoms with Gasteiger partial charge in [0.1, 0.15) is 21.9 Å². The first-order valence-corrected chi connectivity index (χ1v) is 11.5. The van der Waals surface area contributed by atoms with Crippen molar-refractivity contribution in [3.8, 4) is 5.75 Å². The van der Waals surface area contributed by atoms with E-state index in [0.29, 0.717) is 44.0 Å². The summed E-state index contributed by atoms with van der Waals surface area (Å²) in [5.74, 6) is 0.944. The number of hydrogen-bond acceptors (Lipinski definition) is 6. The fourth-order valence-electron chi connectivity index (χ4n) is 3.21. The third-order valence-corrected chi connectivity index (χ3v) is 6.16. The lowest BCUT2D eigenvalue weighted by molar-refractivity contribution is -0.147. The second kappa shape index (κ2) is 11.3. The van der Waals surface area contributed by atoms with Crippen LogP contribution in [0.15, 0.2) is 66.3 Å². The highest BCUT2D eigenvalue weighted by molar-refractivity contribution is 8.01. The van der Waals surface area contributed by atoms with Crippen molar-refractivity contribution in [1.29, 1.82) is 0 Å². The van der Waals surface area contributed by atoms with E-state index in [-0.39, 0.29) is 12.1 Å². The van der Waals surface area contributed by atoms with Crippen LogP contribution in [0.4, 0.5) is 4.79 Å². The molecule has 0 radical (unpaired) electrons. The summed E-state index contributed by atoms with van der Waals surface area (Å²) in [5, 5.41) is 0. The number of carbonyl (C=O) groups is 2. The lowest BCUT2D eigenvalue weighted by atomic mass is 9.96. The third kappa shape index (κ3) is 7.19. The van der Waals surface area contributed by atoms with Crippen LogP contribution in [0.2, 0.25) is 0 Å². The van der Waals surface area contributed by atoms with Crippen molar-refractivity contribution in [2.45, 2.75) is 55.8 Å². The van der Waals surface area contributed by atoms with Crippen molar-refractivity contribution >= 4 is 23.8 Å². The predicted octanol–water partition coefficient (Wildman–Crippen LogP) is 5.75. The number of thioether (sulfide) groups is 1. The Hall–Kier alpha value is -2.67. The number of carbonyl (C=O) groups excluding carboxylic acids is 2. The molecule has 7 heteroatoms. The second-order valence-corrected chi connectivity index (χ2v) is 9.83. The van der Waals surface area contributed by atoms with Crippen molar-refractivity contribution in [2.24, 2.45) is 0 Å². The van der Waals surface area contributed by atoms with Gasteiger partial charge in [0.2, 0.25) is 0 Å². The first kappa shape index (κ1) is 25.6. The molecular formula is C25H33NO5S. The van der Waals surface area contributed by atoms with Gasteiger partial charge in [-0.3, -0.25) is 4.79 Å². The summed E-state index contributed by atoms with van der Waals surface area (Å²) in [7, 11) is 0. The molecule has 0 atom stereocenters. The molecular weight excluding hydrogens is 426 g/mol. The molecule has 1 aliphatic rings. The molecule has 1 saturated heterocycles. The number of rotatable bonds is 8. The Kier molecular flexibility index (Phi) is 9.01. The molecule has 0 bridgehead atoms. The number of likely N-dealkylation sites (tertiary alicyclic amines) is 1. The lowest BCUT2D eigenvalue weighted by Gasteiger charge is -2.39. The number of piperidine rings is 1. The molecule has 0 unspecified atom stereocenters. The Balaban J connectivity index is 2.19. The summed E-state index contributed by atoms with van der Waals surface area (Å²) in [6, 6.07) is 7.53. The SMILES string of the molecule is C=C/C=C(\C=C)Oc1cccc(SC2(C(=O)OCC)CCN(C(=O)OC(C)(C)C)CC2)c1. The monoisotopic (exact) mass is 459 g/mol. The van der Waals surface area contributed by atoms with Crippen LogP contribution in [0, 0.1) is 0 Å². The van der Waals surface area contributed by atoms with Crippen molar-refractivity contribution in [2.75, 3.05) is 19.7 Å². The zero-order chi connectivity index (χ0) is 23.8. The molecule has 1 aromatic rings. The fourth-order valence-corrected chi connectivity index (χ4v) is 4.51. The lowest BCUT2D eigenvalue weighted by Crippen LogP contribution is -2.50. The Bertz CT molecular complexity index is 863. The van der Waals surface area contributed by atoms with E-state index >= 15 is 0 Å². The molecule has 0 saturated carbocycles. The number of nitrogens with zero attached hydrogens (tertiary/aromatic N) is 1. The molecule has 2 rings (SSSR count). The number of esters is 1. The zero-order valence-corrected chi connectivity index (χ0v) is 20.2. The Labute approximate surface area is 195 Å². The summed E-state index contributed by atoms with van der Waals surface area (Å²) in [6.45, 7) is 15.9. The highest BCUT2D eigenvalue weighted by Crippen LogP contribution is 2.43. The zero-order valence-electron chi connectivity index (χ0n) is 19.4. The van der Waals surface area contributed by atoms with Gasteiger partial charge in [-0.1, -0.05) is 25.3 Å². The maximum atomic E-state index is 13.0. The molecule has 0 aliphatic carbocycles. The second-order valence-electron chi connectivity index (χ2n) is 8.37. The molecule has 0 N–H and O–H groups in total. The molecule has 0 spiro atoms. The van der Waals surface area contributed by atoms with Gasteiger partial charge in [0.15, 0.2) is 0 Å². The molecule has 1 amide bonds. The fraction of sp³-hybridized carbons (Fsp3) is 0.440. The minimum absolute atomic E-state index is 0.265. The number of allylic oxidation sites excluding steroid dienone is 3. The van der Waals surface area contributed by atoms with E-state index in [0.717, 1.165) is 4.90 Å². The van der Waals surface area contributed by atoms with Crippen LogP contribution in [0.5, 0.6) is 5.75 Å². The van der Waals surface area contributed by atoms with Gasteiger partial charge in [-0.15, -0.1) is 11.8 Å². The smallest absolute Gasteiger partial charge is 0.410 e. The molecule has 0 aromatic heterocycles. The standard InChI is InChI=1S/C25H33NO5S/c1-7-11-19(8-2)30-20-12-10-13-21(18-20)32-25(22(27)29-9-3)14-16-26(17-15-25)23(28)31-24(4,5)6/h7-8,10-13,18H,1-2,9,14-17H2,3-6H3/b19-11+. The Morgan fingerprint density at radius 1 is 1.22 bits per heavy atom. The van der Waals surface area contributed by atoms with Gasteiger partial charge in [0, 0.05) is 18.0 Å². The summed E-state index contributed by atoms with van der Waals surface area (Å²) >= 11 is 1.45. The topological polar surface area (TPSA) is 65.1 Å². The van der Waals surface area contributed by atoms with E-state index < -0.39 is 10.3 Å². The van der Waals surface area contributed by atoms with Crippen LogP contribution in [-0.4, -0.2) is 47.0 Å². The van der Waals surface area contributed by atoms with Gasteiger partial charge < -0.3 is 19.1 Å². The molecule has 1 fully saturated rings. The van der Waals surface area contributed by atoms with Crippen molar-refractivity contribution in [1.82, 2.24) is 4.90 Å². The van der Waals surface area contributed by atoms with Gasteiger partial charge >= 0.3 is 12.1 Å². The quantitative estimate of drug-likeness (QED) is 0.280. The van der Waals surface area contributed by atoms with Crippen molar-refractivity contribution < 1.29 is 23.8 Å². The van der Waals surface area contributed by atoms with Gasteiger partial charge in [-0.25, -0.2) is 4.79 Å². The number of hydrogen-bond donors (Lipinski definition) is 0. The van der Waals surface area contributed by atoms with E-state index in [1.54, 1.807) is 30.1 Å². The normalized spacial score (nSPS) is 16.1. The highest BCUT2D eigenvalue weighted by atomic mass is 32.2. The van der Waals surface area contributed by atoms with E-state index in [1.165, 1.54) is 11.8 Å². The van der Waals surface area contributed by atoms with Crippen LogP contribution < -0.4 is 4.74 Å². The van der Waals surface area contributed by atoms with Gasteiger partial charge in [0.05, 0.1) is 6.61 Å². The molecule has 1 aliphatic heterocycles. The first-order valence-electron chi connectivity index (χ1n) is 10.7. The summed E-state index contributed by atoms with van der Waals surface area (Å²) in [4.78, 5) is 28.0. The van der Waals surface area contributed by atoms with Crippen LogP contribution in [-0.2, 0) is 14.3 Å². The molecule has 32 heavy (non-hydrogen) atoms. The van der Waals surface area contributed by atoms with Crippen LogP contribution in [0.25, 0.3) is 0 Å². The van der Waals surface area contributed by atoms with E-state index in [1.807, 2.05) is 45.0 Å². The molecule has 1 heterocycles. The summed E-state index contributed by atoms with van der Waals surface area (Å²) in [5.41, 5.74) is -0.563. The van der Waals surface area contributed by atoms with Crippen molar-refractivity contribution in [3.05, 3.63) is 61.4 Å². The minimum Gasteiger partial charge on any atom is -0.465 e. The van der Waals surface area contributed by atoms with Gasteiger partial charge in [-0.2, -0.15) is 0 Å². The van der Waals surface area contributed by atoms with Crippen LogP contribution >= 0.6 is 11.8 Å². The maximum Gasteiger partial charge on any atom is 0.410 e. The van der Waals surface area contributed by atoms with E-state index in [2.05, 4.69) is 13.2 Å². The van der Waals surface area contributed by atoms with Gasteiger partial charge in [-0.05, 0) is 70.9 Å². The van der Waals surface area contributed by atoms with Crippen molar-refractivity contribution in [3.63, 3.8) is 0 Å². The molecule has 1 aromatic carbocycles. The molecule has 6 nitrogen and oxygen atoms in total. The Morgan fingerprint density at radius 3 is 2.47 bits per heavy atom. The highest BCUT2D eigenvalue weighted by Gasteiger charge is 2.45. The van der Waals surface area contributed by atoms with Gasteiger partial charge in [0.25, 0.3) is 0 Å². The number of benzene rings is 1. The van der Waals surface area contributed by atoms with Crippen LogP contribution in [0.1, 0.15) is 40.5 Å². The van der Waals surface area contributed by atoms with E-state index in [9.17, 15) is 9.59 Å². The third-order valence-electron chi connectivity index (χ3n) is 4.71. The summed E-state index contributed by atoms with van der Waals surface area (Å²) in [6.07, 6.45) is 5.53. The minimum atomic E-state index is -0.786. The summed E-state index contributed by atoms with van der Waals surface area (Å²) < 4.78 is 16.0. The first-order chi connectivity index (χ1) is 15.1. The average Bonchev–Trinajstić information content (AvgIpc) is 2.73. The largest absolute Gasteiger partial charge is 0.465 e. The van der Waals surface area contributed by atoms with E-state index in [4.69, 9.17) is 14.2 Å². The molecule has 174 valence electrons. The number of amides is 1. The Morgan fingerprint density at radius 2 is 1.91 bits per heavy atom. The maximum absolute atomic E-state index is 13.0.